The highest BCUT2D eigenvalue weighted by atomic mass is 32.2. The van der Waals surface area contributed by atoms with Crippen molar-refractivity contribution < 1.29 is 8.42 Å². The molecular weight excluding hydrogens is 286 g/mol. The fraction of sp³-hybridized carbons (Fsp3) is 0.467. The van der Waals surface area contributed by atoms with E-state index in [9.17, 15) is 8.42 Å². The number of nitrogen functional groups attached to an aromatic ring is 1. The summed E-state index contributed by atoms with van der Waals surface area (Å²) in [6, 6.07) is 6.05. The van der Waals surface area contributed by atoms with Crippen LogP contribution in [0.4, 0.5) is 5.69 Å². The first-order valence-electron chi connectivity index (χ1n) is 7.38. The second-order valence-electron chi connectivity index (χ2n) is 5.72. The van der Waals surface area contributed by atoms with Crippen LogP contribution in [0.2, 0.25) is 0 Å². The number of benzene rings is 1. The Morgan fingerprint density at radius 2 is 1.90 bits per heavy atom. The molecule has 2 aliphatic rings. The van der Waals surface area contributed by atoms with Crippen LogP contribution in [-0.4, -0.2) is 21.5 Å². The van der Waals surface area contributed by atoms with Gasteiger partial charge in [-0.1, -0.05) is 12.1 Å². The Labute approximate surface area is 125 Å². The summed E-state index contributed by atoms with van der Waals surface area (Å²) in [7, 11) is -3.30. The number of anilines is 1. The largest absolute Gasteiger partial charge is 0.398 e. The van der Waals surface area contributed by atoms with Crippen LogP contribution in [-0.2, 0) is 10.2 Å². The molecule has 21 heavy (non-hydrogen) atoms. The van der Waals surface area contributed by atoms with Gasteiger partial charge in [0.2, 0.25) is 0 Å². The Morgan fingerprint density at radius 3 is 2.57 bits per heavy atom. The number of hydrogen-bond donors (Lipinski definition) is 3. The number of rotatable bonds is 2. The first kappa shape index (κ1) is 14.6. The monoisotopic (exact) mass is 307 g/mol. The molecule has 1 aromatic carbocycles. The second kappa shape index (κ2) is 5.79. The van der Waals surface area contributed by atoms with Gasteiger partial charge in [-0.3, -0.25) is 0 Å². The third kappa shape index (κ3) is 3.28. The van der Waals surface area contributed by atoms with E-state index in [0.717, 1.165) is 29.7 Å². The average molecular weight is 307 g/mol. The molecule has 3 rings (SSSR count). The molecule has 0 radical (unpaired) electrons. The van der Waals surface area contributed by atoms with Crippen molar-refractivity contribution in [2.45, 2.75) is 31.6 Å². The fourth-order valence-corrected chi connectivity index (χ4v) is 3.91. The SMILES string of the molecule is Nc1ccc(C2CNS(=O)(=O)NC2)cc1C1=CCCCC1. The molecule has 1 fully saturated rings. The van der Waals surface area contributed by atoms with Gasteiger partial charge in [-0.2, -0.15) is 8.42 Å². The summed E-state index contributed by atoms with van der Waals surface area (Å²) in [5, 5.41) is 0. The van der Waals surface area contributed by atoms with Crippen LogP contribution in [0.5, 0.6) is 0 Å². The molecule has 5 nitrogen and oxygen atoms in total. The number of allylic oxidation sites excluding steroid dienone is 2. The van der Waals surface area contributed by atoms with Gasteiger partial charge in [0.25, 0.3) is 10.2 Å². The summed E-state index contributed by atoms with van der Waals surface area (Å²) in [6.07, 6.45) is 6.92. The summed E-state index contributed by atoms with van der Waals surface area (Å²) in [6.45, 7) is 0.857. The predicted molar refractivity (Wildman–Crippen MR) is 85.0 cm³/mol. The summed E-state index contributed by atoms with van der Waals surface area (Å²) in [4.78, 5) is 0. The summed E-state index contributed by atoms with van der Waals surface area (Å²) >= 11 is 0. The van der Waals surface area contributed by atoms with Gasteiger partial charge < -0.3 is 5.73 Å². The van der Waals surface area contributed by atoms with E-state index in [0.29, 0.717) is 13.1 Å². The standard InChI is InChI=1S/C15H21N3O2S/c16-15-7-6-12(13-9-17-21(19,20)18-10-13)8-14(15)11-4-2-1-3-5-11/h4,6-8,13,17-18H,1-3,5,9-10,16H2. The van der Waals surface area contributed by atoms with Gasteiger partial charge in [0, 0.05) is 30.3 Å². The van der Waals surface area contributed by atoms with E-state index < -0.39 is 10.2 Å². The zero-order valence-corrected chi connectivity index (χ0v) is 12.7. The molecule has 114 valence electrons. The van der Waals surface area contributed by atoms with Crippen LogP contribution in [0.25, 0.3) is 5.57 Å². The van der Waals surface area contributed by atoms with E-state index in [1.807, 2.05) is 12.1 Å². The van der Waals surface area contributed by atoms with Crippen LogP contribution in [0.1, 0.15) is 42.7 Å². The molecule has 0 saturated carbocycles. The van der Waals surface area contributed by atoms with Crippen molar-refractivity contribution in [3.8, 4) is 0 Å². The molecular formula is C15H21N3O2S. The normalized spacial score (nSPS) is 22.8. The highest BCUT2D eigenvalue weighted by Gasteiger charge is 2.24. The van der Waals surface area contributed by atoms with Crippen LogP contribution >= 0.6 is 0 Å². The number of hydrogen-bond acceptors (Lipinski definition) is 3. The maximum absolute atomic E-state index is 11.3. The van der Waals surface area contributed by atoms with Crippen molar-refractivity contribution in [1.29, 1.82) is 0 Å². The first-order chi connectivity index (χ1) is 10.1. The molecule has 1 aliphatic heterocycles. The third-order valence-electron chi connectivity index (χ3n) is 4.23. The molecule has 0 aromatic heterocycles. The molecule has 0 amide bonds. The lowest BCUT2D eigenvalue weighted by atomic mass is 9.89. The minimum Gasteiger partial charge on any atom is -0.398 e. The van der Waals surface area contributed by atoms with Crippen molar-refractivity contribution in [2.24, 2.45) is 0 Å². The van der Waals surface area contributed by atoms with Crippen LogP contribution in [0, 0.1) is 0 Å². The highest BCUT2D eigenvalue weighted by molar-refractivity contribution is 7.87. The average Bonchev–Trinajstić information content (AvgIpc) is 2.49. The summed E-state index contributed by atoms with van der Waals surface area (Å²) in [5.74, 6) is 0.136. The molecule has 1 aromatic rings. The molecule has 0 atom stereocenters. The van der Waals surface area contributed by atoms with Gasteiger partial charge >= 0.3 is 0 Å². The minimum atomic E-state index is -3.30. The van der Waals surface area contributed by atoms with E-state index >= 15 is 0 Å². The molecule has 1 heterocycles. The Hall–Kier alpha value is -1.37. The minimum absolute atomic E-state index is 0.136. The molecule has 0 unspecified atom stereocenters. The van der Waals surface area contributed by atoms with E-state index in [2.05, 4.69) is 21.6 Å². The maximum Gasteiger partial charge on any atom is 0.276 e. The van der Waals surface area contributed by atoms with E-state index in [1.54, 1.807) is 0 Å². The second-order valence-corrected chi connectivity index (χ2v) is 7.30. The molecule has 4 N–H and O–H groups in total. The summed E-state index contributed by atoms with van der Waals surface area (Å²) in [5.41, 5.74) is 10.5. The van der Waals surface area contributed by atoms with Crippen LogP contribution in [0.15, 0.2) is 24.3 Å². The van der Waals surface area contributed by atoms with E-state index in [1.165, 1.54) is 18.4 Å². The van der Waals surface area contributed by atoms with Crippen molar-refractivity contribution in [1.82, 2.24) is 9.44 Å². The zero-order chi connectivity index (χ0) is 14.9. The van der Waals surface area contributed by atoms with Gasteiger partial charge in [-0.15, -0.1) is 0 Å². The van der Waals surface area contributed by atoms with Crippen molar-refractivity contribution in [2.75, 3.05) is 18.8 Å². The zero-order valence-electron chi connectivity index (χ0n) is 11.9. The van der Waals surface area contributed by atoms with Crippen LogP contribution < -0.4 is 15.2 Å². The van der Waals surface area contributed by atoms with Gasteiger partial charge in [-0.25, -0.2) is 9.44 Å². The third-order valence-corrected chi connectivity index (χ3v) is 5.32. The van der Waals surface area contributed by atoms with Gasteiger partial charge in [0.1, 0.15) is 0 Å². The number of nitrogens with two attached hydrogens (primary N) is 1. The molecule has 6 heteroatoms. The molecule has 0 spiro atoms. The Morgan fingerprint density at radius 1 is 1.14 bits per heavy atom. The Bertz CT molecular complexity index is 653. The smallest absolute Gasteiger partial charge is 0.276 e. The number of nitrogens with one attached hydrogen (secondary N) is 2. The quantitative estimate of drug-likeness (QED) is 0.728. The molecule has 0 bridgehead atoms. The highest BCUT2D eigenvalue weighted by Crippen LogP contribution is 2.32. The van der Waals surface area contributed by atoms with Gasteiger partial charge in [0.15, 0.2) is 0 Å². The summed E-state index contributed by atoms with van der Waals surface area (Å²) < 4.78 is 27.8. The molecule has 1 aliphatic carbocycles. The fourth-order valence-electron chi connectivity index (χ4n) is 2.97. The maximum atomic E-state index is 11.3. The Balaban J connectivity index is 1.86. The van der Waals surface area contributed by atoms with Crippen molar-refractivity contribution in [3.05, 3.63) is 35.4 Å². The van der Waals surface area contributed by atoms with Gasteiger partial charge in [0.05, 0.1) is 0 Å². The molecule has 1 saturated heterocycles. The van der Waals surface area contributed by atoms with Crippen molar-refractivity contribution in [3.63, 3.8) is 0 Å². The van der Waals surface area contributed by atoms with E-state index in [-0.39, 0.29) is 5.92 Å². The van der Waals surface area contributed by atoms with Gasteiger partial charge in [-0.05, 0) is 49.0 Å². The lowest BCUT2D eigenvalue weighted by Gasteiger charge is -2.25. The lowest BCUT2D eigenvalue weighted by molar-refractivity contribution is 0.522. The lowest BCUT2D eigenvalue weighted by Crippen LogP contribution is -2.47. The van der Waals surface area contributed by atoms with E-state index in [4.69, 9.17) is 5.73 Å². The van der Waals surface area contributed by atoms with Crippen LogP contribution in [0.3, 0.4) is 0 Å². The Kier molecular flexibility index (Phi) is 4.01. The van der Waals surface area contributed by atoms with Crippen molar-refractivity contribution >= 4 is 21.5 Å². The predicted octanol–water partition coefficient (Wildman–Crippen LogP) is 1.75. The topological polar surface area (TPSA) is 84.2 Å². The first-order valence-corrected chi connectivity index (χ1v) is 8.86.